The predicted octanol–water partition coefficient (Wildman–Crippen LogP) is 3.05. The van der Waals surface area contributed by atoms with E-state index in [1.54, 1.807) is 24.8 Å². The topological polar surface area (TPSA) is 150 Å². The third-order valence-electron chi connectivity index (χ3n) is 9.22. The molecule has 2 fully saturated rings. The second-order valence-corrected chi connectivity index (χ2v) is 12.6. The van der Waals surface area contributed by atoms with Gasteiger partial charge in [-0.3, -0.25) is 19.2 Å². The number of aromatic nitrogens is 2. The Kier molecular flexibility index (Phi) is 11.8. The molecule has 252 valence electrons. The third kappa shape index (κ3) is 8.45. The van der Waals surface area contributed by atoms with Gasteiger partial charge in [0.25, 0.3) is 11.8 Å². The van der Waals surface area contributed by atoms with Crippen LogP contribution in [0.1, 0.15) is 81.0 Å². The molecule has 46 heavy (non-hydrogen) atoms. The van der Waals surface area contributed by atoms with E-state index in [1.807, 2.05) is 7.05 Å². The first-order chi connectivity index (χ1) is 21.9. The molecule has 12 nitrogen and oxygen atoms in total. The molecule has 0 bridgehead atoms. The fourth-order valence-corrected chi connectivity index (χ4v) is 6.05. The lowest BCUT2D eigenvalue weighted by Gasteiger charge is -2.36. The number of carbonyl (C=O) groups excluding carboxylic acids is 4. The van der Waals surface area contributed by atoms with E-state index in [0.717, 1.165) is 19.8 Å². The molecule has 4 atom stereocenters. The van der Waals surface area contributed by atoms with Crippen molar-refractivity contribution < 1.29 is 32.6 Å². The van der Waals surface area contributed by atoms with E-state index in [4.69, 9.17) is 4.63 Å². The monoisotopic (exact) mass is 645 g/mol. The van der Waals surface area contributed by atoms with Gasteiger partial charge in [-0.05, 0) is 67.9 Å². The number of nitrogens with one attached hydrogen (secondary N) is 3. The number of aryl methyl sites for hydroxylation is 1. The van der Waals surface area contributed by atoms with Crippen molar-refractivity contribution in [1.82, 2.24) is 30.7 Å². The van der Waals surface area contributed by atoms with Crippen molar-refractivity contribution in [2.24, 2.45) is 11.8 Å². The number of alkyl halides is 1. The van der Waals surface area contributed by atoms with Gasteiger partial charge in [-0.1, -0.05) is 44.8 Å². The summed E-state index contributed by atoms with van der Waals surface area (Å²) < 4.78 is 34.2. The van der Waals surface area contributed by atoms with Gasteiger partial charge in [0.1, 0.15) is 23.6 Å². The normalized spacial score (nSPS) is 21.5. The zero-order chi connectivity index (χ0) is 33.5. The van der Waals surface area contributed by atoms with Crippen LogP contribution in [0.2, 0.25) is 0 Å². The van der Waals surface area contributed by atoms with Crippen molar-refractivity contribution in [3.63, 3.8) is 0 Å². The van der Waals surface area contributed by atoms with E-state index in [1.165, 1.54) is 12.1 Å². The number of benzene rings is 1. The molecule has 14 heteroatoms. The number of carbonyl (C=O) groups is 4. The fourth-order valence-electron chi connectivity index (χ4n) is 6.05. The molecule has 1 aromatic heterocycles. The summed E-state index contributed by atoms with van der Waals surface area (Å²) in [6.45, 7) is 8.89. The predicted molar refractivity (Wildman–Crippen MR) is 166 cm³/mol. The maximum Gasteiger partial charge on any atom is 0.276 e. The van der Waals surface area contributed by atoms with Crippen molar-refractivity contribution in [2.75, 3.05) is 38.5 Å². The van der Waals surface area contributed by atoms with E-state index in [2.05, 4.69) is 38.1 Å². The van der Waals surface area contributed by atoms with Gasteiger partial charge in [0.15, 0.2) is 11.9 Å². The van der Waals surface area contributed by atoms with Crippen molar-refractivity contribution in [3.05, 3.63) is 41.0 Å². The number of amides is 4. The third-order valence-corrected chi connectivity index (χ3v) is 9.22. The average Bonchev–Trinajstić information content (AvgIpc) is 3.52. The molecule has 2 aromatic rings. The summed E-state index contributed by atoms with van der Waals surface area (Å²) in [6, 6.07) is 2.06. The minimum Gasteiger partial charge on any atom is -0.341 e. The second kappa shape index (κ2) is 15.6. The molecule has 4 rings (SSSR count). The Labute approximate surface area is 268 Å². The Morgan fingerprint density at radius 1 is 1.00 bits per heavy atom. The van der Waals surface area contributed by atoms with Crippen LogP contribution in [0.5, 0.6) is 0 Å². The first-order valence-corrected chi connectivity index (χ1v) is 16.0. The first kappa shape index (κ1) is 34.9. The molecule has 1 saturated carbocycles. The van der Waals surface area contributed by atoms with Gasteiger partial charge in [0.2, 0.25) is 11.8 Å². The van der Waals surface area contributed by atoms with Crippen molar-refractivity contribution >= 4 is 29.3 Å². The molecule has 1 aromatic carbocycles. The Bertz CT molecular complexity index is 1390. The standard InChI is InChI=1S/C32H45F2N7O5/c1-6-24-28(39-46-38-24)31(44)37-27(21-9-7-18(2)8-10-21)30(43)35-25-12-11-22(17-23(25)34)19(3)26(36-29(42)20(4)33)32(45)41-15-13-40(5)14-16-41/h11-12,17-21,26-27H,6-10,13-16H2,1-5H3,(H,35,43)(H,36,42)(H,37,44)/t18?,19-,20+,21?,26+,27-/m0/s1. The Balaban J connectivity index is 1.53. The number of hydrogen-bond acceptors (Lipinski definition) is 8. The number of piperazine rings is 1. The molecule has 1 aliphatic heterocycles. The molecule has 0 spiro atoms. The van der Waals surface area contributed by atoms with Gasteiger partial charge in [-0.25, -0.2) is 13.4 Å². The van der Waals surface area contributed by atoms with Gasteiger partial charge >= 0.3 is 0 Å². The van der Waals surface area contributed by atoms with Crippen LogP contribution in [0, 0.1) is 17.7 Å². The van der Waals surface area contributed by atoms with Crippen molar-refractivity contribution in [1.29, 1.82) is 0 Å². The Morgan fingerprint density at radius 2 is 1.67 bits per heavy atom. The minimum atomic E-state index is -1.83. The molecule has 0 radical (unpaired) electrons. The minimum absolute atomic E-state index is 0.00363. The number of halogens is 2. The second-order valence-electron chi connectivity index (χ2n) is 12.6. The molecule has 2 aliphatic rings. The highest BCUT2D eigenvalue weighted by Gasteiger charge is 2.36. The average molecular weight is 646 g/mol. The van der Waals surface area contributed by atoms with Crippen LogP contribution >= 0.6 is 0 Å². The maximum atomic E-state index is 15.6. The molecular weight excluding hydrogens is 600 g/mol. The Morgan fingerprint density at radius 3 is 2.28 bits per heavy atom. The van der Waals surface area contributed by atoms with Gasteiger partial charge in [0.05, 0.1) is 5.69 Å². The lowest BCUT2D eigenvalue weighted by Crippen LogP contribution is -2.56. The van der Waals surface area contributed by atoms with Crippen molar-refractivity contribution in [3.8, 4) is 0 Å². The quantitative estimate of drug-likeness (QED) is 0.338. The van der Waals surface area contributed by atoms with E-state index >= 15 is 4.39 Å². The molecule has 3 N–H and O–H groups in total. The highest BCUT2D eigenvalue weighted by Crippen LogP contribution is 2.32. The van der Waals surface area contributed by atoms with Crippen LogP contribution in [-0.4, -0.2) is 95.2 Å². The molecule has 1 aliphatic carbocycles. The fraction of sp³-hybridized carbons (Fsp3) is 0.625. The molecular formula is C32H45F2N7O5. The van der Waals surface area contributed by atoms with Crippen LogP contribution in [0.4, 0.5) is 14.5 Å². The Hall–Kier alpha value is -3.94. The van der Waals surface area contributed by atoms with Crippen LogP contribution < -0.4 is 16.0 Å². The summed E-state index contributed by atoms with van der Waals surface area (Å²) in [7, 11) is 1.94. The van der Waals surface area contributed by atoms with E-state index in [0.29, 0.717) is 62.6 Å². The summed E-state index contributed by atoms with van der Waals surface area (Å²) in [4.78, 5) is 56.3. The zero-order valence-electron chi connectivity index (χ0n) is 27.1. The zero-order valence-corrected chi connectivity index (χ0v) is 27.1. The summed E-state index contributed by atoms with van der Waals surface area (Å²) in [5.74, 6) is -3.62. The highest BCUT2D eigenvalue weighted by molar-refractivity contribution is 6.01. The highest BCUT2D eigenvalue weighted by atomic mass is 19.1. The van der Waals surface area contributed by atoms with Crippen molar-refractivity contribution in [2.45, 2.75) is 84.0 Å². The summed E-state index contributed by atoms with van der Waals surface area (Å²) >= 11 is 0. The van der Waals surface area contributed by atoms with Crippen LogP contribution in [0.15, 0.2) is 22.8 Å². The smallest absolute Gasteiger partial charge is 0.276 e. The van der Waals surface area contributed by atoms with Gasteiger partial charge < -0.3 is 25.8 Å². The lowest BCUT2D eigenvalue weighted by atomic mass is 9.79. The lowest BCUT2D eigenvalue weighted by molar-refractivity contribution is -0.139. The number of hydrogen-bond donors (Lipinski definition) is 3. The largest absolute Gasteiger partial charge is 0.341 e. The molecule has 1 saturated heterocycles. The SMILES string of the molecule is CCc1nonc1C(=O)N[C@H](C(=O)Nc1ccc([C@H](C)[C@@H](NC(=O)[C@@H](C)F)C(=O)N2CCN(C)CC2)cc1F)C1CCC(C)CC1. The van der Waals surface area contributed by atoms with E-state index in [-0.39, 0.29) is 23.2 Å². The summed E-state index contributed by atoms with van der Waals surface area (Å²) in [6.07, 6.45) is 1.79. The van der Waals surface area contributed by atoms with Gasteiger partial charge in [-0.2, -0.15) is 0 Å². The summed E-state index contributed by atoms with van der Waals surface area (Å²) in [5.41, 5.74) is 0.645. The number of anilines is 1. The number of likely N-dealkylation sites (N-methyl/N-ethyl adjacent to an activating group) is 1. The molecule has 4 amide bonds. The van der Waals surface area contributed by atoms with E-state index < -0.39 is 47.7 Å². The molecule has 0 unspecified atom stereocenters. The maximum absolute atomic E-state index is 15.6. The van der Waals surface area contributed by atoms with Gasteiger partial charge in [0, 0.05) is 32.1 Å². The molecule has 2 heterocycles. The summed E-state index contributed by atoms with van der Waals surface area (Å²) in [5, 5.41) is 15.4. The number of nitrogens with zero attached hydrogens (tertiary/aromatic N) is 4. The van der Waals surface area contributed by atoms with Crippen LogP contribution in [-0.2, 0) is 20.8 Å². The van der Waals surface area contributed by atoms with Crippen LogP contribution in [0.25, 0.3) is 0 Å². The number of rotatable bonds is 11. The van der Waals surface area contributed by atoms with E-state index in [9.17, 15) is 23.6 Å². The van der Waals surface area contributed by atoms with Gasteiger partial charge in [-0.15, -0.1) is 0 Å². The first-order valence-electron chi connectivity index (χ1n) is 16.0. The van der Waals surface area contributed by atoms with Crippen LogP contribution in [0.3, 0.4) is 0 Å².